The van der Waals surface area contributed by atoms with Crippen LogP contribution in [0.5, 0.6) is 0 Å². The minimum atomic E-state index is -0.553. The third kappa shape index (κ3) is 22.3. The lowest BCUT2D eigenvalue weighted by Crippen LogP contribution is -2.25. The Morgan fingerprint density at radius 1 is 0.784 bits per heavy atom. The molecule has 0 radical (unpaired) electrons. The van der Waals surface area contributed by atoms with Gasteiger partial charge in [-0.25, -0.2) is 4.79 Å². The number of hydroxylamine groups is 1. The molecular formula is C38H53N3O9S. The van der Waals surface area contributed by atoms with Crippen LogP contribution in [-0.4, -0.2) is 90.6 Å². The summed E-state index contributed by atoms with van der Waals surface area (Å²) in [6.45, 7) is 5.27. The van der Waals surface area contributed by atoms with Crippen molar-refractivity contribution in [3.63, 3.8) is 0 Å². The predicted molar refractivity (Wildman–Crippen MR) is 198 cm³/mol. The van der Waals surface area contributed by atoms with Crippen molar-refractivity contribution in [3.05, 3.63) is 57.8 Å². The fraction of sp³-hybridized carbons (Fsp3) is 0.526. The third-order valence-corrected chi connectivity index (χ3v) is 8.25. The van der Waals surface area contributed by atoms with Gasteiger partial charge in [-0.15, -0.1) is 11.3 Å². The van der Waals surface area contributed by atoms with Crippen molar-refractivity contribution in [1.82, 2.24) is 10.8 Å². The molecule has 0 atom stereocenters. The largest absolute Gasteiger partial charge is 0.460 e. The van der Waals surface area contributed by atoms with Crippen molar-refractivity contribution in [1.29, 1.82) is 0 Å². The molecule has 0 aliphatic heterocycles. The van der Waals surface area contributed by atoms with E-state index in [9.17, 15) is 19.2 Å². The van der Waals surface area contributed by atoms with Gasteiger partial charge in [0.1, 0.15) is 6.61 Å². The average Bonchev–Trinajstić information content (AvgIpc) is 3.59. The van der Waals surface area contributed by atoms with Gasteiger partial charge in [0.05, 0.1) is 37.9 Å². The number of anilines is 1. The van der Waals surface area contributed by atoms with Gasteiger partial charge in [0.15, 0.2) is 0 Å². The number of unbranched alkanes of at least 4 members (excludes halogenated alkanes) is 5. The molecule has 51 heavy (non-hydrogen) atoms. The summed E-state index contributed by atoms with van der Waals surface area (Å²) in [5, 5.41) is 2.99. The molecule has 13 heteroatoms. The monoisotopic (exact) mass is 727 g/mol. The number of carbonyl (C=O) groups excluding carboxylic acids is 4. The Bertz CT molecular complexity index is 1400. The standard InChI is InChI=1S/C38H53N3O9S/c1-31(42)50-40-37(44)12-8-5-4-7-11-36(43)39-23-9-6-10-24-41(2)33-16-13-32(14-17-33)15-18-34-19-20-35(51-34)21-22-38(45)49-30-29-48-28-27-47-26-25-46-3/h13-14,16-17,19-22H,4-12,23-30H2,1-3H3,(H,39,43)(H,40,44)/b22-21+. The third-order valence-electron chi connectivity index (χ3n) is 7.28. The summed E-state index contributed by atoms with van der Waals surface area (Å²) in [4.78, 5) is 54.6. The Kier molecular flexibility index (Phi) is 23.2. The van der Waals surface area contributed by atoms with Crippen LogP contribution < -0.4 is 15.7 Å². The van der Waals surface area contributed by atoms with Crippen molar-refractivity contribution in [2.45, 2.75) is 64.7 Å². The van der Waals surface area contributed by atoms with Crippen LogP contribution in [0.4, 0.5) is 5.69 Å². The normalized spacial score (nSPS) is 10.7. The van der Waals surface area contributed by atoms with E-state index < -0.39 is 11.9 Å². The van der Waals surface area contributed by atoms with E-state index >= 15 is 0 Å². The predicted octanol–water partition coefficient (Wildman–Crippen LogP) is 5.04. The molecule has 0 spiro atoms. The van der Waals surface area contributed by atoms with Crippen molar-refractivity contribution < 1.29 is 43.0 Å². The number of hydrogen-bond acceptors (Lipinski definition) is 11. The molecule has 1 heterocycles. The molecule has 2 aromatic rings. The lowest BCUT2D eigenvalue weighted by atomic mass is 10.1. The number of nitrogens with one attached hydrogen (secondary N) is 2. The van der Waals surface area contributed by atoms with Crippen LogP contribution in [0, 0.1) is 11.8 Å². The zero-order valence-corrected chi connectivity index (χ0v) is 31.0. The molecule has 0 unspecified atom stereocenters. The van der Waals surface area contributed by atoms with Gasteiger partial charge < -0.3 is 34.0 Å². The van der Waals surface area contributed by atoms with Crippen LogP contribution in [-0.2, 0) is 43.0 Å². The van der Waals surface area contributed by atoms with E-state index in [1.54, 1.807) is 13.2 Å². The molecule has 1 aromatic carbocycles. The van der Waals surface area contributed by atoms with Crippen LogP contribution in [0.1, 0.15) is 80.0 Å². The maximum absolute atomic E-state index is 12.1. The second-order valence-corrected chi connectivity index (χ2v) is 12.7. The van der Waals surface area contributed by atoms with Crippen molar-refractivity contribution in [3.8, 4) is 11.8 Å². The summed E-state index contributed by atoms with van der Waals surface area (Å²) in [5.41, 5.74) is 4.13. The molecule has 12 nitrogen and oxygen atoms in total. The second kappa shape index (κ2) is 27.5. The number of amides is 2. The zero-order chi connectivity index (χ0) is 36.9. The number of hydrogen-bond donors (Lipinski definition) is 2. The molecule has 0 aliphatic rings. The highest BCUT2D eigenvalue weighted by molar-refractivity contribution is 7.13. The number of ether oxygens (including phenoxy) is 4. The number of esters is 1. The van der Waals surface area contributed by atoms with Gasteiger partial charge in [-0.1, -0.05) is 24.7 Å². The fourth-order valence-electron chi connectivity index (χ4n) is 4.51. The minimum Gasteiger partial charge on any atom is -0.460 e. The first kappa shape index (κ1) is 42.9. The molecule has 0 fully saturated rings. The van der Waals surface area contributed by atoms with E-state index in [2.05, 4.69) is 51.6 Å². The van der Waals surface area contributed by atoms with Gasteiger partial charge in [0, 0.05) is 69.2 Å². The Labute approximate surface area is 306 Å². The van der Waals surface area contributed by atoms with Crippen LogP contribution in [0.15, 0.2) is 42.5 Å². The zero-order valence-electron chi connectivity index (χ0n) is 30.2. The highest BCUT2D eigenvalue weighted by atomic mass is 32.1. The summed E-state index contributed by atoms with van der Waals surface area (Å²) in [7, 11) is 3.69. The van der Waals surface area contributed by atoms with Crippen LogP contribution in [0.3, 0.4) is 0 Å². The maximum atomic E-state index is 12.1. The fourth-order valence-corrected chi connectivity index (χ4v) is 5.27. The second-order valence-electron chi connectivity index (χ2n) is 11.6. The van der Waals surface area contributed by atoms with Crippen molar-refractivity contribution >= 4 is 46.9 Å². The lowest BCUT2D eigenvalue weighted by Gasteiger charge is -2.19. The number of benzene rings is 1. The van der Waals surface area contributed by atoms with Gasteiger partial charge in [0.2, 0.25) is 5.91 Å². The molecule has 0 bridgehead atoms. The minimum absolute atomic E-state index is 0.0616. The number of nitrogens with zero attached hydrogens (tertiary/aromatic N) is 1. The van der Waals surface area contributed by atoms with Crippen LogP contribution in [0.2, 0.25) is 0 Å². The van der Waals surface area contributed by atoms with Crippen molar-refractivity contribution in [2.24, 2.45) is 0 Å². The summed E-state index contributed by atoms with van der Waals surface area (Å²) in [6.07, 6.45) is 10.0. The smallest absolute Gasteiger partial charge is 0.330 e. The van der Waals surface area contributed by atoms with E-state index in [4.69, 9.17) is 18.9 Å². The van der Waals surface area contributed by atoms with Gasteiger partial charge in [-0.05, 0) is 74.6 Å². The molecule has 0 saturated heterocycles. The first-order chi connectivity index (χ1) is 24.8. The van der Waals surface area contributed by atoms with Gasteiger partial charge in [-0.2, -0.15) is 5.48 Å². The summed E-state index contributed by atoms with van der Waals surface area (Å²) < 4.78 is 20.7. The molecular weight excluding hydrogens is 674 g/mol. The topological polar surface area (TPSA) is 142 Å². The van der Waals surface area contributed by atoms with E-state index in [0.717, 1.165) is 66.1 Å². The van der Waals surface area contributed by atoms with Gasteiger partial charge in [-0.3, -0.25) is 14.4 Å². The highest BCUT2D eigenvalue weighted by Crippen LogP contribution is 2.18. The first-order valence-corrected chi connectivity index (χ1v) is 18.2. The molecule has 1 aromatic heterocycles. The van der Waals surface area contributed by atoms with E-state index in [-0.39, 0.29) is 18.4 Å². The summed E-state index contributed by atoms with van der Waals surface area (Å²) in [6, 6.07) is 12.0. The average molecular weight is 728 g/mol. The van der Waals surface area contributed by atoms with E-state index in [0.29, 0.717) is 58.8 Å². The number of methoxy groups -OCH3 is 1. The molecule has 2 rings (SSSR count). The Balaban J connectivity index is 1.54. The van der Waals surface area contributed by atoms with Crippen LogP contribution >= 0.6 is 11.3 Å². The maximum Gasteiger partial charge on any atom is 0.330 e. The van der Waals surface area contributed by atoms with E-state index in [1.807, 2.05) is 24.3 Å². The molecule has 2 N–H and O–H groups in total. The van der Waals surface area contributed by atoms with Gasteiger partial charge in [0.25, 0.3) is 5.91 Å². The summed E-state index contributed by atoms with van der Waals surface area (Å²) in [5.74, 6) is 5.17. The van der Waals surface area contributed by atoms with E-state index in [1.165, 1.54) is 24.3 Å². The molecule has 280 valence electrons. The molecule has 0 aliphatic carbocycles. The molecule has 2 amide bonds. The quantitative estimate of drug-likeness (QED) is 0.0470. The Morgan fingerprint density at radius 2 is 1.45 bits per heavy atom. The Hall–Kier alpha value is -4.22. The number of rotatable bonds is 25. The first-order valence-electron chi connectivity index (χ1n) is 17.4. The number of thiophene rings is 1. The SMILES string of the molecule is COCCOCCOCCOC(=O)/C=C/c1ccc(C#Cc2ccc(N(C)CCCCCNC(=O)CCCCCCC(=O)NOC(C)=O)cc2)s1. The number of carbonyl (C=O) groups is 4. The Morgan fingerprint density at radius 3 is 2.16 bits per heavy atom. The van der Waals surface area contributed by atoms with Crippen LogP contribution in [0.25, 0.3) is 6.08 Å². The lowest BCUT2D eigenvalue weighted by molar-refractivity contribution is -0.156. The van der Waals surface area contributed by atoms with Crippen molar-refractivity contribution in [2.75, 3.05) is 71.8 Å². The van der Waals surface area contributed by atoms with Gasteiger partial charge >= 0.3 is 11.9 Å². The highest BCUT2D eigenvalue weighted by Gasteiger charge is 2.05. The molecule has 0 saturated carbocycles. The summed E-state index contributed by atoms with van der Waals surface area (Å²) >= 11 is 1.50.